The lowest BCUT2D eigenvalue weighted by Crippen LogP contribution is -2.66. The minimum atomic E-state index is 0.0547. The van der Waals surface area contributed by atoms with Gasteiger partial charge in [-0.2, -0.15) is 0 Å². The lowest BCUT2D eigenvalue weighted by Gasteiger charge is -2.55. The second-order valence-electron chi connectivity index (χ2n) is 8.43. The van der Waals surface area contributed by atoms with Crippen LogP contribution in [-0.4, -0.2) is 53.9 Å². The molecule has 144 valence electrons. The Labute approximate surface area is 163 Å². The third-order valence-corrected chi connectivity index (χ3v) is 6.25. The molecule has 0 unspecified atom stereocenters. The summed E-state index contributed by atoms with van der Waals surface area (Å²) in [6.45, 7) is 9.09. The number of nitrogens with zero attached hydrogens (tertiary/aromatic N) is 2. The Kier molecular flexibility index (Phi) is 3.93. The standard InChI is InChI=1S/C23H24N2O3/c1-15(26)17-3-5-21-19(9-17)20-10-18(16(2)27)4-6-22(20)25(21)8-7-24-11-23(12-24)13-28-14-23/h3-6,9-10H,7-8,11-14H2,1-2H3. The molecule has 0 atom stereocenters. The zero-order valence-electron chi connectivity index (χ0n) is 16.3. The van der Waals surface area contributed by atoms with Crippen LogP contribution in [0.1, 0.15) is 34.6 Å². The molecule has 0 aliphatic carbocycles. The van der Waals surface area contributed by atoms with E-state index in [4.69, 9.17) is 4.74 Å². The summed E-state index contributed by atoms with van der Waals surface area (Å²) in [6, 6.07) is 11.8. The summed E-state index contributed by atoms with van der Waals surface area (Å²) < 4.78 is 7.69. The number of hydrogen-bond donors (Lipinski definition) is 0. The van der Waals surface area contributed by atoms with Gasteiger partial charge < -0.3 is 14.2 Å². The lowest BCUT2D eigenvalue weighted by atomic mass is 9.78. The number of aromatic nitrogens is 1. The van der Waals surface area contributed by atoms with Gasteiger partial charge in [0.15, 0.2) is 11.6 Å². The van der Waals surface area contributed by atoms with Crippen molar-refractivity contribution in [1.29, 1.82) is 0 Å². The van der Waals surface area contributed by atoms with E-state index >= 15 is 0 Å². The molecule has 0 radical (unpaired) electrons. The van der Waals surface area contributed by atoms with Crippen molar-refractivity contribution in [2.75, 3.05) is 32.8 Å². The van der Waals surface area contributed by atoms with Gasteiger partial charge in [-0.15, -0.1) is 0 Å². The topological polar surface area (TPSA) is 51.5 Å². The maximum absolute atomic E-state index is 11.9. The minimum absolute atomic E-state index is 0.0547. The molecule has 1 spiro atoms. The van der Waals surface area contributed by atoms with Gasteiger partial charge in [-0.05, 0) is 50.2 Å². The zero-order chi connectivity index (χ0) is 19.5. The molecule has 0 amide bonds. The first-order valence-electron chi connectivity index (χ1n) is 9.84. The molecule has 2 aliphatic rings. The molecule has 2 fully saturated rings. The highest BCUT2D eigenvalue weighted by molar-refractivity contribution is 6.12. The molecule has 3 heterocycles. The molecule has 3 aromatic rings. The van der Waals surface area contributed by atoms with Crippen molar-refractivity contribution in [3.05, 3.63) is 47.5 Å². The predicted molar refractivity (Wildman–Crippen MR) is 109 cm³/mol. The zero-order valence-corrected chi connectivity index (χ0v) is 16.3. The van der Waals surface area contributed by atoms with E-state index in [1.54, 1.807) is 13.8 Å². The normalized spacial score (nSPS) is 18.4. The number of rotatable bonds is 5. The van der Waals surface area contributed by atoms with E-state index in [1.165, 1.54) is 0 Å². The molecule has 0 bridgehead atoms. The first-order chi connectivity index (χ1) is 13.5. The van der Waals surface area contributed by atoms with Crippen LogP contribution < -0.4 is 0 Å². The third-order valence-electron chi connectivity index (χ3n) is 6.25. The van der Waals surface area contributed by atoms with Gasteiger partial charge in [0.05, 0.1) is 13.2 Å². The summed E-state index contributed by atoms with van der Waals surface area (Å²) >= 11 is 0. The Morgan fingerprint density at radius 1 is 0.893 bits per heavy atom. The molecule has 5 rings (SSSR count). The molecular weight excluding hydrogens is 352 g/mol. The second kappa shape index (κ2) is 6.26. The molecule has 2 aromatic carbocycles. The van der Waals surface area contributed by atoms with Gasteiger partial charge in [-0.3, -0.25) is 9.59 Å². The summed E-state index contributed by atoms with van der Waals surface area (Å²) in [5.41, 5.74) is 4.06. The summed E-state index contributed by atoms with van der Waals surface area (Å²) in [5.74, 6) is 0.109. The first kappa shape index (κ1) is 17.6. The molecule has 0 N–H and O–H groups in total. The molecule has 1 aromatic heterocycles. The highest BCUT2D eigenvalue weighted by Crippen LogP contribution is 2.37. The number of Topliss-reactive ketones (excluding diaryl/α,β-unsaturated/α-hetero) is 2. The van der Waals surface area contributed by atoms with Crippen LogP contribution in [0.4, 0.5) is 0 Å². The molecular formula is C23H24N2O3. The minimum Gasteiger partial charge on any atom is -0.380 e. The van der Waals surface area contributed by atoms with Crippen LogP contribution in [0.15, 0.2) is 36.4 Å². The van der Waals surface area contributed by atoms with Gasteiger partial charge in [-0.1, -0.05) is 0 Å². The Morgan fingerprint density at radius 2 is 1.43 bits per heavy atom. The van der Waals surface area contributed by atoms with Crippen molar-refractivity contribution in [2.24, 2.45) is 5.41 Å². The molecule has 28 heavy (non-hydrogen) atoms. The number of fused-ring (bicyclic) bond motifs is 3. The molecule has 5 heteroatoms. The van der Waals surface area contributed by atoms with Crippen LogP contribution in [-0.2, 0) is 11.3 Å². The van der Waals surface area contributed by atoms with Gasteiger partial charge >= 0.3 is 0 Å². The number of carbonyl (C=O) groups is 2. The van der Waals surface area contributed by atoms with E-state index in [0.29, 0.717) is 16.5 Å². The third kappa shape index (κ3) is 2.69. The maximum Gasteiger partial charge on any atom is 0.159 e. The first-order valence-corrected chi connectivity index (χ1v) is 9.84. The van der Waals surface area contributed by atoms with Crippen molar-refractivity contribution < 1.29 is 14.3 Å². The van der Waals surface area contributed by atoms with Gasteiger partial charge in [0.1, 0.15) is 0 Å². The number of hydrogen-bond acceptors (Lipinski definition) is 4. The fraction of sp³-hybridized carbons (Fsp3) is 0.391. The van der Waals surface area contributed by atoms with Crippen molar-refractivity contribution in [3.8, 4) is 0 Å². The maximum atomic E-state index is 11.9. The van der Waals surface area contributed by atoms with Crippen LogP contribution in [0.5, 0.6) is 0 Å². The summed E-state index contributed by atoms with van der Waals surface area (Å²) in [5, 5.41) is 2.08. The van der Waals surface area contributed by atoms with E-state index in [-0.39, 0.29) is 11.6 Å². The number of likely N-dealkylation sites (tertiary alicyclic amines) is 1. The Balaban J connectivity index is 1.54. The highest BCUT2D eigenvalue weighted by atomic mass is 16.5. The highest BCUT2D eigenvalue weighted by Gasteiger charge is 2.48. The van der Waals surface area contributed by atoms with E-state index in [1.807, 2.05) is 36.4 Å². The molecule has 2 saturated heterocycles. The molecule has 5 nitrogen and oxygen atoms in total. The van der Waals surface area contributed by atoms with Crippen molar-refractivity contribution in [3.63, 3.8) is 0 Å². The van der Waals surface area contributed by atoms with Crippen molar-refractivity contribution in [2.45, 2.75) is 20.4 Å². The Hall–Kier alpha value is -2.50. The van der Waals surface area contributed by atoms with Crippen LogP contribution in [0.3, 0.4) is 0 Å². The number of ketones is 2. The van der Waals surface area contributed by atoms with Crippen LogP contribution in [0.2, 0.25) is 0 Å². The predicted octanol–water partition coefficient (Wildman–Crippen LogP) is 3.53. The Morgan fingerprint density at radius 3 is 1.86 bits per heavy atom. The fourth-order valence-electron chi connectivity index (χ4n) is 4.66. The van der Waals surface area contributed by atoms with E-state index in [0.717, 1.165) is 61.2 Å². The smallest absolute Gasteiger partial charge is 0.159 e. The Bertz CT molecular complexity index is 1040. The van der Waals surface area contributed by atoms with Gasteiger partial charge in [-0.25, -0.2) is 0 Å². The summed E-state index contributed by atoms with van der Waals surface area (Å²) in [7, 11) is 0. The number of carbonyl (C=O) groups excluding carboxylic acids is 2. The van der Waals surface area contributed by atoms with Crippen LogP contribution in [0, 0.1) is 5.41 Å². The lowest BCUT2D eigenvalue weighted by molar-refractivity contribution is -0.189. The SMILES string of the molecule is CC(=O)c1ccc2c(c1)c1cc(C(C)=O)ccc1n2CCN1CC2(COC2)C1. The van der Waals surface area contributed by atoms with E-state index in [2.05, 4.69) is 9.47 Å². The van der Waals surface area contributed by atoms with E-state index < -0.39 is 0 Å². The summed E-state index contributed by atoms with van der Waals surface area (Å²) in [4.78, 5) is 26.3. The fourth-order valence-corrected chi connectivity index (χ4v) is 4.66. The van der Waals surface area contributed by atoms with Gasteiger partial charge in [0, 0.05) is 64.5 Å². The molecule has 0 saturated carbocycles. The number of benzene rings is 2. The van der Waals surface area contributed by atoms with Gasteiger partial charge in [0.25, 0.3) is 0 Å². The monoisotopic (exact) mass is 376 g/mol. The second-order valence-corrected chi connectivity index (χ2v) is 8.43. The van der Waals surface area contributed by atoms with Crippen molar-refractivity contribution >= 4 is 33.4 Å². The summed E-state index contributed by atoms with van der Waals surface area (Å²) in [6.07, 6.45) is 0. The average molecular weight is 376 g/mol. The van der Waals surface area contributed by atoms with Crippen molar-refractivity contribution in [1.82, 2.24) is 9.47 Å². The quantitative estimate of drug-likeness (QED) is 0.639. The molecule has 2 aliphatic heterocycles. The van der Waals surface area contributed by atoms with E-state index in [9.17, 15) is 9.59 Å². The largest absolute Gasteiger partial charge is 0.380 e. The van der Waals surface area contributed by atoms with Crippen LogP contribution in [0.25, 0.3) is 21.8 Å². The van der Waals surface area contributed by atoms with Gasteiger partial charge in [0.2, 0.25) is 0 Å². The average Bonchev–Trinajstić information content (AvgIpc) is 2.91. The number of ether oxygens (including phenoxy) is 1. The van der Waals surface area contributed by atoms with Crippen LogP contribution >= 0.6 is 0 Å².